The molecule has 2 atom stereocenters. The first kappa shape index (κ1) is 23.8. The molecule has 4 N–H and O–H groups in total. The Morgan fingerprint density at radius 2 is 1.88 bits per heavy atom. The number of nitrogens with two attached hydrogens (primary N) is 1. The van der Waals surface area contributed by atoms with Crippen LogP contribution in [0.5, 0.6) is 0 Å². The Kier molecular flexibility index (Phi) is 7.88. The van der Waals surface area contributed by atoms with Crippen molar-refractivity contribution in [2.75, 3.05) is 11.9 Å². The molecule has 32 heavy (non-hydrogen) atoms. The summed E-state index contributed by atoms with van der Waals surface area (Å²) in [5, 5.41) is 6.25. The highest BCUT2D eigenvalue weighted by molar-refractivity contribution is 6.30. The first-order valence-electron chi connectivity index (χ1n) is 10.7. The molecule has 2 aromatic carbocycles. The van der Waals surface area contributed by atoms with Gasteiger partial charge in [0.05, 0.1) is 6.04 Å². The lowest BCUT2D eigenvalue weighted by atomic mass is 10.0. The van der Waals surface area contributed by atoms with Crippen LogP contribution in [0.1, 0.15) is 42.6 Å². The number of rotatable bonds is 8. The number of hydrogen-bond donors (Lipinski definition) is 3. The average molecular weight is 457 g/mol. The molecule has 2 unspecified atom stereocenters. The van der Waals surface area contributed by atoms with Crippen molar-refractivity contribution >= 4 is 35.0 Å². The second-order valence-electron chi connectivity index (χ2n) is 8.42. The third-order valence-corrected chi connectivity index (χ3v) is 5.87. The number of hydrogen-bond acceptors (Lipinski definition) is 4. The molecule has 1 aliphatic rings. The molecule has 0 aromatic heterocycles. The maximum Gasteiger partial charge on any atom is 0.251 e. The van der Waals surface area contributed by atoms with Gasteiger partial charge < -0.3 is 16.4 Å². The quantitative estimate of drug-likeness (QED) is 0.567. The van der Waals surface area contributed by atoms with Gasteiger partial charge >= 0.3 is 0 Å². The van der Waals surface area contributed by atoms with Crippen molar-refractivity contribution in [3.63, 3.8) is 0 Å². The van der Waals surface area contributed by atoms with Crippen LogP contribution in [0.15, 0.2) is 48.5 Å². The van der Waals surface area contributed by atoms with Crippen molar-refractivity contribution in [3.8, 4) is 0 Å². The number of amides is 3. The van der Waals surface area contributed by atoms with Crippen molar-refractivity contribution in [2.24, 2.45) is 11.7 Å². The van der Waals surface area contributed by atoms with Crippen LogP contribution in [0.25, 0.3) is 0 Å². The van der Waals surface area contributed by atoms with Crippen LogP contribution in [0.3, 0.4) is 0 Å². The van der Waals surface area contributed by atoms with Crippen molar-refractivity contribution in [2.45, 2.75) is 45.3 Å². The van der Waals surface area contributed by atoms with Crippen LogP contribution in [-0.2, 0) is 16.1 Å². The molecule has 170 valence electrons. The lowest BCUT2D eigenvalue weighted by Crippen LogP contribution is -2.47. The summed E-state index contributed by atoms with van der Waals surface area (Å²) in [5.41, 5.74) is 7.55. The fourth-order valence-corrected chi connectivity index (χ4v) is 4.03. The van der Waals surface area contributed by atoms with Gasteiger partial charge in [0, 0.05) is 22.8 Å². The number of halogens is 1. The molecule has 3 rings (SSSR count). The standard InChI is InChI=1S/C24H29ClN4O3/c1-15(2)21(28-23(31)17-8-10-18(25)11-9-17)24(32)27-19-6-3-5-16(13-19)14-29-12-4-7-20(29)22(26)30/h3,5-6,8-11,13,15,20-21H,4,7,12,14H2,1-2H3,(H2,26,30)(H,27,32)(H,28,31). The molecule has 7 nitrogen and oxygen atoms in total. The predicted octanol–water partition coefficient (Wildman–Crippen LogP) is 3.18. The van der Waals surface area contributed by atoms with Gasteiger partial charge in [-0.05, 0) is 67.3 Å². The summed E-state index contributed by atoms with van der Waals surface area (Å²) in [6.07, 6.45) is 1.71. The normalized spacial score (nSPS) is 17.2. The van der Waals surface area contributed by atoms with E-state index in [0.717, 1.165) is 24.9 Å². The zero-order valence-electron chi connectivity index (χ0n) is 18.3. The Hall–Kier alpha value is -2.90. The first-order chi connectivity index (χ1) is 15.2. The molecule has 1 fully saturated rings. The zero-order chi connectivity index (χ0) is 23.3. The summed E-state index contributed by atoms with van der Waals surface area (Å²) < 4.78 is 0. The lowest BCUT2D eigenvalue weighted by Gasteiger charge is -2.23. The summed E-state index contributed by atoms with van der Waals surface area (Å²) in [4.78, 5) is 39.2. The zero-order valence-corrected chi connectivity index (χ0v) is 19.1. The summed E-state index contributed by atoms with van der Waals surface area (Å²) in [7, 11) is 0. The van der Waals surface area contributed by atoms with Crippen molar-refractivity contribution in [1.29, 1.82) is 0 Å². The van der Waals surface area contributed by atoms with Gasteiger partial charge in [-0.2, -0.15) is 0 Å². The molecule has 0 saturated carbocycles. The summed E-state index contributed by atoms with van der Waals surface area (Å²) in [6.45, 7) is 5.15. The molecule has 8 heteroatoms. The molecule has 2 aromatic rings. The second-order valence-corrected chi connectivity index (χ2v) is 8.86. The van der Waals surface area contributed by atoms with E-state index in [1.165, 1.54) is 0 Å². The van der Waals surface area contributed by atoms with Gasteiger partial charge in [-0.1, -0.05) is 37.6 Å². The topological polar surface area (TPSA) is 105 Å². The van der Waals surface area contributed by atoms with Gasteiger partial charge in [-0.25, -0.2) is 0 Å². The largest absolute Gasteiger partial charge is 0.368 e. The minimum absolute atomic E-state index is 0.115. The molecule has 0 spiro atoms. The molecule has 1 saturated heterocycles. The molecular formula is C24H29ClN4O3. The van der Waals surface area contributed by atoms with Gasteiger partial charge in [-0.3, -0.25) is 19.3 Å². The van der Waals surface area contributed by atoms with E-state index < -0.39 is 6.04 Å². The average Bonchev–Trinajstić information content (AvgIpc) is 3.20. The van der Waals surface area contributed by atoms with Crippen LogP contribution in [0.4, 0.5) is 5.69 Å². The summed E-state index contributed by atoms with van der Waals surface area (Å²) >= 11 is 5.88. The highest BCUT2D eigenvalue weighted by Gasteiger charge is 2.29. The summed E-state index contributed by atoms with van der Waals surface area (Å²) in [6, 6.07) is 13.0. The van der Waals surface area contributed by atoms with Crippen molar-refractivity contribution in [1.82, 2.24) is 10.2 Å². The van der Waals surface area contributed by atoms with E-state index in [0.29, 0.717) is 22.8 Å². The molecular weight excluding hydrogens is 428 g/mol. The third kappa shape index (κ3) is 6.08. The number of primary amides is 1. The third-order valence-electron chi connectivity index (χ3n) is 5.61. The fourth-order valence-electron chi connectivity index (χ4n) is 3.90. The molecule has 0 aliphatic carbocycles. The Labute approximate surface area is 193 Å². The van der Waals surface area contributed by atoms with E-state index in [-0.39, 0.29) is 29.7 Å². The number of carbonyl (C=O) groups is 3. The number of carbonyl (C=O) groups excluding carboxylic acids is 3. The Balaban J connectivity index is 1.66. The van der Waals surface area contributed by atoms with Gasteiger partial charge in [0.2, 0.25) is 11.8 Å². The van der Waals surface area contributed by atoms with E-state index in [4.69, 9.17) is 17.3 Å². The van der Waals surface area contributed by atoms with Crippen LogP contribution >= 0.6 is 11.6 Å². The molecule has 1 aliphatic heterocycles. The van der Waals surface area contributed by atoms with E-state index in [1.807, 2.05) is 32.0 Å². The van der Waals surface area contributed by atoms with Gasteiger partial charge in [-0.15, -0.1) is 0 Å². The highest BCUT2D eigenvalue weighted by Crippen LogP contribution is 2.21. The van der Waals surface area contributed by atoms with Crippen LogP contribution in [0.2, 0.25) is 5.02 Å². The molecule has 1 heterocycles. The minimum atomic E-state index is -0.709. The van der Waals surface area contributed by atoms with Crippen molar-refractivity contribution < 1.29 is 14.4 Å². The summed E-state index contributed by atoms with van der Waals surface area (Å²) in [5.74, 6) is -1.05. The molecule has 3 amide bonds. The number of benzene rings is 2. The minimum Gasteiger partial charge on any atom is -0.368 e. The first-order valence-corrected chi connectivity index (χ1v) is 11.1. The van der Waals surface area contributed by atoms with Gasteiger partial charge in [0.1, 0.15) is 6.04 Å². The highest BCUT2D eigenvalue weighted by atomic mass is 35.5. The SMILES string of the molecule is CC(C)C(NC(=O)c1ccc(Cl)cc1)C(=O)Nc1cccc(CN2CCCC2C(N)=O)c1. The number of nitrogens with zero attached hydrogens (tertiary/aromatic N) is 1. The smallest absolute Gasteiger partial charge is 0.251 e. The van der Waals surface area contributed by atoms with Crippen LogP contribution in [-0.4, -0.2) is 41.2 Å². The second kappa shape index (κ2) is 10.6. The van der Waals surface area contributed by atoms with Crippen molar-refractivity contribution in [3.05, 3.63) is 64.7 Å². The van der Waals surface area contributed by atoms with E-state index in [2.05, 4.69) is 15.5 Å². The Morgan fingerprint density at radius 1 is 1.16 bits per heavy atom. The molecule has 0 radical (unpaired) electrons. The maximum absolute atomic E-state index is 13.0. The number of nitrogens with one attached hydrogen (secondary N) is 2. The molecule has 0 bridgehead atoms. The number of anilines is 1. The van der Waals surface area contributed by atoms with E-state index in [1.54, 1.807) is 30.3 Å². The Morgan fingerprint density at radius 3 is 2.53 bits per heavy atom. The van der Waals surface area contributed by atoms with E-state index >= 15 is 0 Å². The van der Waals surface area contributed by atoms with E-state index in [9.17, 15) is 14.4 Å². The monoisotopic (exact) mass is 456 g/mol. The van der Waals surface area contributed by atoms with Gasteiger partial charge in [0.15, 0.2) is 0 Å². The predicted molar refractivity (Wildman–Crippen MR) is 125 cm³/mol. The van der Waals surface area contributed by atoms with Crippen LogP contribution in [0, 0.1) is 5.92 Å². The maximum atomic E-state index is 13.0. The van der Waals surface area contributed by atoms with Gasteiger partial charge in [0.25, 0.3) is 5.91 Å². The fraction of sp³-hybridized carbons (Fsp3) is 0.375. The lowest BCUT2D eigenvalue weighted by molar-refractivity contribution is -0.122. The van der Waals surface area contributed by atoms with Crippen LogP contribution < -0.4 is 16.4 Å². The number of likely N-dealkylation sites (tertiary alicyclic amines) is 1. The Bertz CT molecular complexity index is 977.